The van der Waals surface area contributed by atoms with E-state index in [1.54, 1.807) is 0 Å². The van der Waals surface area contributed by atoms with Gasteiger partial charge in [0.15, 0.2) is 0 Å². The molecule has 0 radical (unpaired) electrons. The number of piperidine rings is 2. The van der Waals surface area contributed by atoms with Gasteiger partial charge in [0.2, 0.25) is 5.91 Å². The highest BCUT2D eigenvalue weighted by atomic mass is 16.2. The number of carbonyl (C=O) groups is 1. The lowest BCUT2D eigenvalue weighted by atomic mass is 9.80. The molecule has 1 aromatic rings. The summed E-state index contributed by atoms with van der Waals surface area (Å²) in [5, 5.41) is 0. The minimum Gasteiger partial charge on any atom is -0.364 e. The molecule has 0 saturated carbocycles. The first-order valence-corrected chi connectivity index (χ1v) is 7.31. The number of hydrogen-bond donors (Lipinski definition) is 1. The van der Waals surface area contributed by atoms with Crippen molar-refractivity contribution in [3.63, 3.8) is 0 Å². The molecule has 19 heavy (non-hydrogen) atoms. The van der Waals surface area contributed by atoms with Crippen molar-refractivity contribution in [3.8, 4) is 0 Å². The highest BCUT2D eigenvalue weighted by molar-refractivity contribution is 5.77. The number of nitrogens with zero attached hydrogens (tertiary/aromatic N) is 2. The number of carbonyl (C=O) groups excluding carboxylic acids is 1. The van der Waals surface area contributed by atoms with Crippen molar-refractivity contribution in [2.45, 2.75) is 44.2 Å². The second-order valence-electron chi connectivity index (χ2n) is 6.04. The monoisotopic (exact) mass is 261 g/mol. The summed E-state index contributed by atoms with van der Waals surface area (Å²) in [6.07, 6.45) is 7.28. The molecule has 3 rings (SSSR count). The highest BCUT2D eigenvalue weighted by Crippen LogP contribution is 2.35. The Morgan fingerprint density at radius 1 is 1.37 bits per heavy atom. The van der Waals surface area contributed by atoms with E-state index in [0.717, 1.165) is 45.3 Å². The number of likely N-dealkylation sites (tertiary alicyclic amines) is 2. The van der Waals surface area contributed by atoms with E-state index < -0.39 is 0 Å². The Balaban J connectivity index is 1.71. The maximum absolute atomic E-state index is 12.0. The topological polar surface area (TPSA) is 39.3 Å². The van der Waals surface area contributed by atoms with Gasteiger partial charge in [0.05, 0.1) is 5.54 Å². The SMILES string of the molecule is CN1C(=O)CCC[C@@]12CCCN(Cc1ccc[nH]1)C2. The van der Waals surface area contributed by atoms with Crippen molar-refractivity contribution < 1.29 is 4.79 Å². The summed E-state index contributed by atoms with van der Waals surface area (Å²) >= 11 is 0. The lowest BCUT2D eigenvalue weighted by Crippen LogP contribution is -2.60. The highest BCUT2D eigenvalue weighted by Gasteiger charge is 2.43. The van der Waals surface area contributed by atoms with Crippen LogP contribution >= 0.6 is 0 Å². The average Bonchev–Trinajstić information content (AvgIpc) is 2.89. The van der Waals surface area contributed by atoms with Crippen LogP contribution in [0.1, 0.15) is 37.8 Å². The van der Waals surface area contributed by atoms with Crippen LogP contribution in [0.25, 0.3) is 0 Å². The van der Waals surface area contributed by atoms with E-state index in [2.05, 4.69) is 16.0 Å². The lowest BCUT2D eigenvalue weighted by Gasteiger charge is -2.50. The Morgan fingerprint density at radius 2 is 2.21 bits per heavy atom. The van der Waals surface area contributed by atoms with Gasteiger partial charge in [0.25, 0.3) is 0 Å². The summed E-state index contributed by atoms with van der Waals surface area (Å²) in [5.41, 5.74) is 1.36. The van der Waals surface area contributed by atoms with Gasteiger partial charge in [0, 0.05) is 38.4 Å². The number of nitrogens with one attached hydrogen (secondary N) is 1. The molecule has 3 heterocycles. The van der Waals surface area contributed by atoms with Gasteiger partial charge in [-0.05, 0) is 44.4 Å². The summed E-state index contributed by atoms with van der Waals surface area (Å²) in [7, 11) is 2.00. The van der Waals surface area contributed by atoms with Crippen molar-refractivity contribution in [2.75, 3.05) is 20.1 Å². The molecule has 1 N–H and O–H groups in total. The van der Waals surface area contributed by atoms with E-state index in [4.69, 9.17) is 0 Å². The van der Waals surface area contributed by atoms with Crippen LogP contribution in [0.4, 0.5) is 0 Å². The molecule has 1 atom stereocenters. The van der Waals surface area contributed by atoms with Gasteiger partial charge < -0.3 is 9.88 Å². The van der Waals surface area contributed by atoms with Crippen LogP contribution < -0.4 is 0 Å². The van der Waals surface area contributed by atoms with E-state index >= 15 is 0 Å². The molecule has 0 aromatic carbocycles. The average molecular weight is 261 g/mol. The molecule has 0 bridgehead atoms. The van der Waals surface area contributed by atoms with Gasteiger partial charge in [-0.15, -0.1) is 0 Å². The van der Waals surface area contributed by atoms with Crippen molar-refractivity contribution in [1.82, 2.24) is 14.8 Å². The first-order chi connectivity index (χ1) is 9.20. The molecule has 0 aliphatic carbocycles. The van der Waals surface area contributed by atoms with Crippen molar-refractivity contribution in [1.29, 1.82) is 0 Å². The van der Waals surface area contributed by atoms with E-state index in [-0.39, 0.29) is 5.54 Å². The van der Waals surface area contributed by atoms with E-state index in [0.29, 0.717) is 5.91 Å². The molecule has 104 valence electrons. The normalized spacial score (nSPS) is 29.1. The molecule has 2 aliphatic heterocycles. The first-order valence-electron chi connectivity index (χ1n) is 7.31. The van der Waals surface area contributed by atoms with Gasteiger partial charge in [-0.2, -0.15) is 0 Å². The fourth-order valence-electron chi connectivity index (χ4n) is 3.69. The standard InChI is InChI=1S/C15H23N3O/c1-17-14(19)6-2-7-15(17)8-4-10-18(12-15)11-13-5-3-9-16-13/h3,5,9,16H,2,4,6-8,10-12H2,1H3/t15-/m0/s1. The number of aromatic amines is 1. The number of aromatic nitrogens is 1. The summed E-state index contributed by atoms with van der Waals surface area (Å²) in [5.74, 6) is 0.327. The molecule has 2 aliphatic rings. The summed E-state index contributed by atoms with van der Waals surface area (Å²) in [4.78, 5) is 19.8. The number of rotatable bonds is 2. The predicted molar refractivity (Wildman–Crippen MR) is 74.7 cm³/mol. The van der Waals surface area contributed by atoms with Crippen LogP contribution in [-0.2, 0) is 11.3 Å². The second kappa shape index (κ2) is 5.00. The Morgan fingerprint density at radius 3 is 3.00 bits per heavy atom. The van der Waals surface area contributed by atoms with Crippen LogP contribution in [0.15, 0.2) is 18.3 Å². The molecule has 4 nitrogen and oxygen atoms in total. The maximum Gasteiger partial charge on any atom is 0.222 e. The van der Waals surface area contributed by atoms with E-state index in [1.165, 1.54) is 12.1 Å². The Kier molecular flexibility index (Phi) is 3.35. The van der Waals surface area contributed by atoms with Crippen LogP contribution in [-0.4, -0.2) is 46.4 Å². The summed E-state index contributed by atoms with van der Waals surface area (Å²) in [6.45, 7) is 3.13. The fourth-order valence-corrected chi connectivity index (χ4v) is 3.69. The molecular formula is C15H23N3O. The summed E-state index contributed by atoms with van der Waals surface area (Å²) in [6, 6.07) is 4.18. The molecule has 1 amide bonds. The van der Waals surface area contributed by atoms with Gasteiger partial charge in [-0.3, -0.25) is 9.69 Å². The van der Waals surface area contributed by atoms with E-state index in [1.807, 2.05) is 24.2 Å². The van der Waals surface area contributed by atoms with Gasteiger partial charge in [-0.25, -0.2) is 0 Å². The second-order valence-corrected chi connectivity index (χ2v) is 6.04. The number of H-pyrrole nitrogens is 1. The van der Waals surface area contributed by atoms with Crippen LogP contribution in [0.2, 0.25) is 0 Å². The maximum atomic E-state index is 12.0. The third kappa shape index (κ3) is 2.41. The molecule has 4 heteroatoms. The van der Waals surface area contributed by atoms with Crippen LogP contribution in [0, 0.1) is 0 Å². The minimum atomic E-state index is 0.0974. The zero-order chi connectivity index (χ0) is 13.3. The quantitative estimate of drug-likeness (QED) is 0.884. The third-order valence-corrected chi connectivity index (χ3v) is 4.81. The smallest absolute Gasteiger partial charge is 0.222 e. The van der Waals surface area contributed by atoms with Crippen LogP contribution in [0.5, 0.6) is 0 Å². The van der Waals surface area contributed by atoms with E-state index in [9.17, 15) is 4.79 Å². The lowest BCUT2D eigenvalue weighted by molar-refractivity contribution is -0.143. The predicted octanol–water partition coefficient (Wildman–Crippen LogP) is 1.99. The zero-order valence-corrected chi connectivity index (χ0v) is 11.7. The Labute approximate surface area is 114 Å². The molecule has 0 unspecified atom stereocenters. The third-order valence-electron chi connectivity index (χ3n) is 4.81. The van der Waals surface area contributed by atoms with Gasteiger partial charge in [-0.1, -0.05) is 0 Å². The van der Waals surface area contributed by atoms with Crippen LogP contribution in [0.3, 0.4) is 0 Å². The first kappa shape index (κ1) is 12.7. The van der Waals surface area contributed by atoms with Crippen molar-refractivity contribution >= 4 is 5.91 Å². The van der Waals surface area contributed by atoms with Crippen molar-refractivity contribution in [3.05, 3.63) is 24.0 Å². The molecule has 1 aromatic heterocycles. The molecule has 2 fully saturated rings. The molecule has 2 saturated heterocycles. The largest absolute Gasteiger partial charge is 0.364 e. The van der Waals surface area contributed by atoms with Gasteiger partial charge >= 0.3 is 0 Å². The number of amides is 1. The fraction of sp³-hybridized carbons (Fsp3) is 0.667. The van der Waals surface area contributed by atoms with Gasteiger partial charge in [0.1, 0.15) is 0 Å². The minimum absolute atomic E-state index is 0.0974. The molecule has 1 spiro atoms. The summed E-state index contributed by atoms with van der Waals surface area (Å²) < 4.78 is 0. The molecular weight excluding hydrogens is 238 g/mol. The van der Waals surface area contributed by atoms with Crippen molar-refractivity contribution in [2.24, 2.45) is 0 Å². The number of hydrogen-bond acceptors (Lipinski definition) is 2. The Hall–Kier alpha value is -1.29. The Bertz CT molecular complexity index is 438. The zero-order valence-electron chi connectivity index (χ0n) is 11.7. The number of likely N-dealkylation sites (N-methyl/N-ethyl adjacent to an activating group) is 1.